The molecule has 0 radical (unpaired) electrons. The molecule has 0 unspecified atom stereocenters. The van der Waals surface area contributed by atoms with Crippen molar-refractivity contribution in [3.05, 3.63) is 92.0 Å². The van der Waals surface area contributed by atoms with Crippen LogP contribution in [0.25, 0.3) is 5.69 Å². The Hall–Kier alpha value is -3.48. The summed E-state index contributed by atoms with van der Waals surface area (Å²) in [5, 5.41) is 2.44. The van der Waals surface area contributed by atoms with Gasteiger partial charge in [0.15, 0.2) is 0 Å². The van der Waals surface area contributed by atoms with Gasteiger partial charge < -0.3 is 10.3 Å². The highest BCUT2D eigenvalue weighted by Crippen LogP contribution is 2.12. The average Bonchev–Trinajstić information content (AvgIpc) is 2.58. The molecular formula is C19H16FN3O3. The molecule has 7 heteroatoms. The Labute approximate surface area is 147 Å². The second-order valence-electron chi connectivity index (χ2n) is 5.88. The maximum absolute atomic E-state index is 13.2. The predicted octanol–water partition coefficient (Wildman–Crippen LogP) is 2.53. The van der Waals surface area contributed by atoms with Gasteiger partial charge >= 0.3 is 5.69 Å². The highest BCUT2D eigenvalue weighted by atomic mass is 19.1. The molecule has 0 fully saturated rings. The van der Waals surface area contributed by atoms with Gasteiger partial charge in [0, 0.05) is 11.9 Å². The first-order chi connectivity index (χ1) is 12.4. The summed E-state index contributed by atoms with van der Waals surface area (Å²) >= 11 is 0. The molecule has 1 heterocycles. The first kappa shape index (κ1) is 17.3. The first-order valence-corrected chi connectivity index (χ1v) is 7.86. The van der Waals surface area contributed by atoms with Crippen molar-refractivity contribution in [2.24, 2.45) is 0 Å². The molecule has 132 valence electrons. The molecule has 3 rings (SSSR count). The molecule has 0 bridgehead atoms. The molecule has 0 atom stereocenters. The van der Waals surface area contributed by atoms with Gasteiger partial charge in [-0.2, -0.15) is 0 Å². The second kappa shape index (κ2) is 6.79. The number of aromatic nitrogens is 2. The van der Waals surface area contributed by atoms with Gasteiger partial charge in [0.25, 0.3) is 11.5 Å². The largest absolute Gasteiger partial charge is 0.333 e. The van der Waals surface area contributed by atoms with Gasteiger partial charge in [0.2, 0.25) is 0 Å². The van der Waals surface area contributed by atoms with Crippen LogP contribution in [0.5, 0.6) is 0 Å². The van der Waals surface area contributed by atoms with E-state index < -0.39 is 23.0 Å². The Morgan fingerprint density at radius 2 is 1.85 bits per heavy atom. The van der Waals surface area contributed by atoms with Gasteiger partial charge in [-0.3, -0.25) is 9.59 Å². The number of aromatic amines is 1. The highest BCUT2D eigenvalue weighted by molar-refractivity contribution is 6.03. The fraction of sp³-hybridized carbons (Fsp3) is 0.105. The normalized spacial score (nSPS) is 10.6. The molecule has 0 saturated heterocycles. The lowest BCUT2D eigenvalue weighted by Gasteiger charge is -2.09. The fourth-order valence-electron chi connectivity index (χ4n) is 2.50. The number of rotatable bonds is 3. The zero-order valence-corrected chi connectivity index (χ0v) is 14.2. The number of benzene rings is 2. The number of aryl methyl sites for hydroxylation is 2. The van der Waals surface area contributed by atoms with Crippen LogP contribution in [0.4, 0.5) is 10.1 Å². The zero-order valence-electron chi connectivity index (χ0n) is 14.2. The van der Waals surface area contributed by atoms with Crippen molar-refractivity contribution < 1.29 is 9.18 Å². The molecule has 6 nitrogen and oxygen atoms in total. The number of carbonyl (C=O) groups is 1. The van der Waals surface area contributed by atoms with Crippen LogP contribution in [0, 0.1) is 19.7 Å². The maximum atomic E-state index is 13.2. The van der Waals surface area contributed by atoms with E-state index in [9.17, 15) is 18.8 Å². The SMILES string of the molecule is Cc1ccc(-n2c(=O)[nH]cc(C(=O)Nc3cccc(F)c3)c2=O)cc1C. The summed E-state index contributed by atoms with van der Waals surface area (Å²) in [5.74, 6) is -1.26. The summed E-state index contributed by atoms with van der Waals surface area (Å²) in [7, 11) is 0. The van der Waals surface area contributed by atoms with Gasteiger partial charge in [0.1, 0.15) is 11.4 Å². The van der Waals surface area contributed by atoms with Gasteiger partial charge in [-0.15, -0.1) is 0 Å². The molecule has 1 aromatic heterocycles. The predicted molar refractivity (Wildman–Crippen MR) is 96.5 cm³/mol. The van der Waals surface area contributed by atoms with Crippen LogP contribution in [0.1, 0.15) is 21.5 Å². The van der Waals surface area contributed by atoms with E-state index in [0.29, 0.717) is 5.69 Å². The Bertz CT molecular complexity index is 1120. The van der Waals surface area contributed by atoms with Crippen molar-refractivity contribution in [2.45, 2.75) is 13.8 Å². The van der Waals surface area contributed by atoms with Crippen LogP contribution in [0.2, 0.25) is 0 Å². The molecule has 0 saturated carbocycles. The molecule has 0 aliphatic carbocycles. The Balaban J connectivity index is 2.04. The molecule has 3 aromatic rings. The maximum Gasteiger partial charge on any atom is 0.333 e. The number of hydrogen-bond acceptors (Lipinski definition) is 3. The molecule has 2 aromatic carbocycles. The topological polar surface area (TPSA) is 84.0 Å². The van der Waals surface area contributed by atoms with Crippen LogP contribution < -0.4 is 16.6 Å². The lowest BCUT2D eigenvalue weighted by Crippen LogP contribution is -2.38. The van der Waals surface area contributed by atoms with E-state index >= 15 is 0 Å². The van der Waals surface area contributed by atoms with Crippen LogP contribution in [0.3, 0.4) is 0 Å². The first-order valence-electron chi connectivity index (χ1n) is 7.86. The summed E-state index contributed by atoms with van der Waals surface area (Å²) in [6.45, 7) is 3.77. The lowest BCUT2D eigenvalue weighted by atomic mass is 10.1. The Morgan fingerprint density at radius 1 is 1.08 bits per heavy atom. The third-order valence-corrected chi connectivity index (χ3v) is 4.05. The van der Waals surface area contributed by atoms with Crippen molar-refractivity contribution in [3.8, 4) is 5.69 Å². The van der Waals surface area contributed by atoms with E-state index in [1.165, 1.54) is 18.2 Å². The standard InChI is InChI=1S/C19H16FN3O3/c1-11-6-7-15(8-12(11)2)23-18(25)16(10-21-19(23)26)17(24)22-14-5-3-4-13(20)9-14/h3-10H,1-2H3,(H,21,26)(H,22,24). The monoisotopic (exact) mass is 353 g/mol. The van der Waals surface area contributed by atoms with E-state index in [1.54, 1.807) is 18.2 Å². The summed E-state index contributed by atoms with van der Waals surface area (Å²) in [6.07, 6.45) is 1.05. The minimum absolute atomic E-state index is 0.207. The molecule has 2 N–H and O–H groups in total. The second-order valence-corrected chi connectivity index (χ2v) is 5.88. The van der Waals surface area contributed by atoms with E-state index in [-0.39, 0.29) is 11.3 Å². The fourth-order valence-corrected chi connectivity index (χ4v) is 2.50. The van der Waals surface area contributed by atoms with Crippen molar-refractivity contribution in [1.29, 1.82) is 0 Å². The number of H-pyrrole nitrogens is 1. The molecule has 26 heavy (non-hydrogen) atoms. The number of nitrogens with zero attached hydrogens (tertiary/aromatic N) is 1. The average molecular weight is 353 g/mol. The minimum Gasteiger partial charge on any atom is -0.322 e. The Kier molecular flexibility index (Phi) is 4.53. The van der Waals surface area contributed by atoms with Gasteiger partial charge in [-0.1, -0.05) is 12.1 Å². The third-order valence-electron chi connectivity index (χ3n) is 4.05. The van der Waals surface area contributed by atoms with Gasteiger partial charge in [-0.05, 0) is 55.3 Å². The van der Waals surface area contributed by atoms with E-state index in [0.717, 1.165) is 28.0 Å². The Morgan fingerprint density at radius 3 is 2.54 bits per heavy atom. The number of halogens is 1. The molecule has 0 spiro atoms. The van der Waals surface area contributed by atoms with E-state index in [4.69, 9.17) is 0 Å². The smallest absolute Gasteiger partial charge is 0.322 e. The summed E-state index contributed by atoms with van der Waals surface area (Å²) in [5.41, 5.74) is 0.818. The summed E-state index contributed by atoms with van der Waals surface area (Å²) in [6, 6.07) is 10.4. The molecule has 0 aliphatic rings. The number of amides is 1. The van der Waals surface area contributed by atoms with Crippen LogP contribution >= 0.6 is 0 Å². The van der Waals surface area contributed by atoms with Crippen LogP contribution in [-0.4, -0.2) is 15.5 Å². The lowest BCUT2D eigenvalue weighted by molar-refractivity contribution is 0.102. The number of hydrogen-bond donors (Lipinski definition) is 2. The zero-order chi connectivity index (χ0) is 18.8. The van der Waals surface area contributed by atoms with Crippen molar-refractivity contribution in [3.63, 3.8) is 0 Å². The number of nitrogens with one attached hydrogen (secondary N) is 2. The summed E-state index contributed by atoms with van der Waals surface area (Å²) in [4.78, 5) is 39.6. The van der Waals surface area contributed by atoms with Gasteiger partial charge in [0.05, 0.1) is 5.69 Å². The quantitative estimate of drug-likeness (QED) is 0.759. The van der Waals surface area contributed by atoms with E-state index in [1.807, 2.05) is 13.8 Å². The number of carbonyl (C=O) groups excluding carboxylic acids is 1. The molecular weight excluding hydrogens is 337 g/mol. The van der Waals surface area contributed by atoms with Gasteiger partial charge in [-0.25, -0.2) is 13.8 Å². The van der Waals surface area contributed by atoms with Crippen LogP contribution in [-0.2, 0) is 0 Å². The highest BCUT2D eigenvalue weighted by Gasteiger charge is 2.16. The van der Waals surface area contributed by atoms with Crippen molar-refractivity contribution in [1.82, 2.24) is 9.55 Å². The molecule has 1 amide bonds. The van der Waals surface area contributed by atoms with E-state index in [2.05, 4.69) is 10.3 Å². The number of anilines is 1. The summed E-state index contributed by atoms with van der Waals surface area (Å²) < 4.78 is 14.1. The minimum atomic E-state index is -0.758. The van der Waals surface area contributed by atoms with Crippen molar-refractivity contribution >= 4 is 11.6 Å². The van der Waals surface area contributed by atoms with Crippen molar-refractivity contribution in [2.75, 3.05) is 5.32 Å². The molecule has 0 aliphatic heterocycles. The third kappa shape index (κ3) is 3.32. The van der Waals surface area contributed by atoms with Crippen LogP contribution in [0.15, 0.2) is 58.3 Å².